The SMILES string of the molecule is CCCc1nnc(NC(=O)Cn2c(=O)[nH]c(=O)c3ccccc32)s1. The van der Waals surface area contributed by atoms with E-state index in [1.807, 2.05) is 6.92 Å². The molecule has 0 atom stereocenters. The minimum atomic E-state index is -0.627. The first kappa shape index (κ1) is 16.1. The summed E-state index contributed by atoms with van der Waals surface area (Å²) in [6.07, 6.45) is 1.75. The number of fused-ring (bicyclic) bond motifs is 1. The van der Waals surface area contributed by atoms with Crippen molar-refractivity contribution in [3.05, 3.63) is 50.1 Å². The van der Waals surface area contributed by atoms with Crippen LogP contribution in [0.4, 0.5) is 5.13 Å². The maximum atomic E-state index is 12.2. The van der Waals surface area contributed by atoms with Gasteiger partial charge < -0.3 is 0 Å². The summed E-state index contributed by atoms with van der Waals surface area (Å²) in [7, 11) is 0. The summed E-state index contributed by atoms with van der Waals surface area (Å²) in [5.74, 6) is -0.409. The summed E-state index contributed by atoms with van der Waals surface area (Å²) < 4.78 is 1.22. The zero-order chi connectivity index (χ0) is 17.1. The number of H-pyrrole nitrogens is 1. The Labute approximate surface area is 140 Å². The topological polar surface area (TPSA) is 110 Å². The predicted molar refractivity (Wildman–Crippen MR) is 91.4 cm³/mol. The summed E-state index contributed by atoms with van der Waals surface area (Å²) >= 11 is 1.31. The Bertz CT molecular complexity index is 1000. The van der Waals surface area contributed by atoms with E-state index in [9.17, 15) is 14.4 Å². The molecule has 3 aromatic rings. The largest absolute Gasteiger partial charge is 0.329 e. The lowest BCUT2D eigenvalue weighted by atomic mass is 10.2. The highest BCUT2D eigenvalue weighted by molar-refractivity contribution is 7.15. The molecule has 8 nitrogen and oxygen atoms in total. The second-order valence-electron chi connectivity index (χ2n) is 5.16. The number of nitrogens with one attached hydrogen (secondary N) is 2. The molecule has 0 bridgehead atoms. The highest BCUT2D eigenvalue weighted by Crippen LogP contribution is 2.16. The van der Waals surface area contributed by atoms with E-state index in [1.165, 1.54) is 15.9 Å². The lowest BCUT2D eigenvalue weighted by Crippen LogP contribution is -2.33. The molecule has 3 rings (SSSR count). The van der Waals surface area contributed by atoms with E-state index in [2.05, 4.69) is 20.5 Å². The molecule has 1 amide bonds. The van der Waals surface area contributed by atoms with E-state index in [-0.39, 0.29) is 6.54 Å². The van der Waals surface area contributed by atoms with Gasteiger partial charge in [-0.2, -0.15) is 0 Å². The molecule has 0 spiro atoms. The van der Waals surface area contributed by atoms with Gasteiger partial charge in [0.25, 0.3) is 5.56 Å². The third kappa shape index (κ3) is 3.25. The number of benzene rings is 1. The van der Waals surface area contributed by atoms with Crippen LogP contribution in [-0.2, 0) is 17.8 Å². The van der Waals surface area contributed by atoms with Crippen molar-refractivity contribution < 1.29 is 4.79 Å². The van der Waals surface area contributed by atoms with Crippen molar-refractivity contribution in [2.75, 3.05) is 5.32 Å². The van der Waals surface area contributed by atoms with E-state index in [0.717, 1.165) is 17.8 Å². The molecule has 0 radical (unpaired) electrons. The molecule has 24 heavy (non-hydrogen) atoms. The first-order chi connectivity index (χ1) is 11.6. The van der Waals surface area contributed by atoms with Crippen LogP contribution >= 0.6 is 11.3 Å². The Morgan fingerprint density at radius 2 is 2.08 bits per heavy atom. The Morgan fingerprint density at radius 3 is 2.88 bits per heavy atom. The zero-order valence-corrected chi connectivity index (χ0v) is 13.7. The van der Waals surface area contributed by atoms with E-state index < -0.39 is 17.2 Å². The maximum Gasteiger partial charge on any atom is 0.329 e. The molecule has 1 aromatic carbocycles. The molecular weight excluding hydrogens is 330 g/mol. The first-order valence-corrected chi connectivity index (χ1v) is 8.24. The van der Waals surface area contributed by atoms with Gasteiger partial charge in [0.2, 0.25) is 11.0 Å². The van der Waals surface area contributed by atoms with Crippen molar-refractivity contribution in [1.82, 2.24) is 19.7 Å². The Morgan fingerprint density at radius 1 is 1.29 bits per heavy atom. The van der Waals surface area contributed by atoms with Crippen molar-refractivity contribution >= 4 is 33.3 Å². The molecule has 0 aliphatic heterocycles. The smallest absolute Gasteiger partial charge is 0.299 e. The number of carbonyl (C=O) groups is 1. The zero-order valence-electron chi connectivity index (χ0n) is 12.9. The van der Waals surface area contributed by atoms with Crippen LogP contribution in [0.1, 0.15) is 18.4 Å². The summed E-state index contributed by atoms with van der Waals surface area (Å²) in [4.78, 5) is 38.3. The minimum Gasteiger partial charge on any atom is -0.299 e. The van der Waals surface area contributed by atoms with Gasteiger partial charge in [-0.15, -0.1) is 10.2 Å². The highest BCUT2D eigenvalue weighted by Gasteiger charge is 2.12. The van der Waals surface area contributed by atoms with Crippen LogP contribution in [0.3, 0.4) is 0 Å². The number of aromatic amines is 1. The number of hydrogen-bond acceptors (Lipinski definition) is 6. The summed E-state index contributed by atoms with van der Waals surface area (Å²) in [6.45, 7) is 1.81. The van der Waals surface area contributed by atoms with Crippen LogP contribution < -0.4 is 16.6 Å². The van der Waals surface area contributed by atoms with E-state index in [1.54, 1.807) is 24.3 Å². The van der Waals surface area contributed by atoms with E-state index in [4.69, 9.17) is 0 Å². The molecule has 124 valence electrons. The summed E-state index contributed by atoms with van der Waals surface area (Å²) in [5.41, 5.74) is -0.691. The molecule has 0 aliphatic carbocycles. The Balaban J connectivity index is 1.85. The fraction of sp³-hybridized carbons (Fsp3) is 0.267. The number of hydrogen-bond donors (Lipinski definition) is 2. The number of aromatic nitrogens is 4. The molecule has 9 heteroatoms. The van der Waals surface area contributed by atoms with E-state index >= 15 is 0 Å². The van der Waals surface area contributed by atoms with Gasteiger partial charge in [-0.25, -0.2) is 4.79 Å². The molecule has 0 fully saturated rings. The van der Waals surface area contributed by atoms with Crippen molar-refractivity contribution in [2.24, 2.45) is 0 Å². The van der Waals surface area contributed by atoms with Crippen LogP contribution in [0.2, 0.25) is 0 Å². The van der Waals surface area contributed by atoms with Crippen LogP contribution in [0.5, 0.6) is 0 Å². The molecule has 0 saturated carbocycles. The quantitative estimate of drug-likeness (QED) is 0.720. The summed E-state index contributed by atoms with van der Waals surface area (Å²) in [5, 5.41) is 12.1. The monoisotopic (exact) mass is 345 g/mol. The maximum absolute atomic E-state index is 12.2. The number of carbonyl (C=O) groups excluding carboxylic acids is 1. The van der Waals surface area contributed by atoms with Crippen LogP contribution in [0.15, 0.2) is 33.9 Å². The van der Waals surface area contributed by atoms with Crippen LogP contribution in [-0.4, -0.2) is 25.7 Å². The average molecular weight is 345 g/mol. The molecular formula is C15H15N5O3S. The van der Waals surface area contributed by atoms with Crippen molar-refractivity contribution in [2.45, 2.75) is 26.3 Å². The molecule has 2 heterocycles. The highest BCUT2D eigenvalue weighted by atomic mass is 32.1. The van der Waals surface area contributed by atoms with Crippen LogP contribution in [0.25, 0.3) is 10.9 Å². The second-order valence-corrected chi connectivity index (χ2v) is 6.22. The van der Waals surface area contributed by atoms with Gasteiger partial charge in [-0.3, -0.25) is 24.5 Å². The number of para-hydroxylation sites is 1. The molecule has 0 unspecified atom stereocenters. The standard InChI is InChI=1S/C15H15N5O3S/c1-2-5-12-18-19-14(24-12)16-11(21)8-20-10-7-4-3-6-9(10)13(22)17-15(20)23/h3-4,6-7H,2,5,8H2,1H3,(H,16,19,21)(H,17,22,23). The summed E-state index contributed by atoms with van der Waals surface area (Å²) in [6, 6.07) is 6.63. The number of amides is 1. The van der Waals surface area contributed by atoms with Gasteiger partial charge in [-0.05, 0) is 18.6 Å². The van der Waals surface area contributed by atoms with Gasteiger partial charge in [-0.1, -0.05) is 30.4 Å². The first-order valence-electron chi connectivity index (χ1n) is 7.42. The number of anilines is 1. The lowest BCUT2D eigenvalue weighted by molar-refractivity contribution is -0.116. The Kier molecular flexibility index (Phi) is 4.52. The lowest BCUT2D eigenvalue weighted by Gasteiger charge is -2.08. The van der Waals surface area contributed by atoms with Gasteiger partial charge in [0.15, 0.2) is 0 Å². The van der Waals surface area contributed by atoms with Gasteiger partial charge in [0, 0.05) is 6.42 Å². The second kappa shape index (κ2) is 6.75. The average Bonchev–Trinajstić information content (AvgIpc) is 2.99. The molecule has 2 aromatic heterocycles. The molecule has 2 N–H and O–H groups in total. The van der Waals surface area contributed by atoms with Gasteiger partial charge in [0.05, 0.1) is 10.9 Å². The number of nitrogens with zero attached hydrogens (tertiary/aromatic N) is 3. The fourth-order valence-electron chi connectivity index (χ4n) is 2.32. The van der Waals surface area contributed by atoms with Gasteiger partial charge >= 0.3 is 5.69 Å². The Hall–Kier alpha value is -2.81. The van der Waals surface area contributed by atoms with Crippen molar-refractivity contribution in [1.29, 1.82) is 0 Å². The number of rotatable bonds is 5. The molecule has 0 saturated heterocycles. The fourth-order valence-corrected chi connectivity index (χ4v) is 3.18. The predicted octanol–water partition coefficient (Wildman–Crippen LogP) is 1.13. The minimum absolute atomic E-state index is 0.223. The van der Waals surface area contributed by atoms with E-state index in [0.29, 0.717) is 16.0 Å². The van der Waals surface area contributed by atoms with Crippen molar-refractivity contribution in [3.8, 4) is 0 Å². The van der Waals surface area contributed by atoms with Gasteiger partial charge in [0.1, 0.15) is 11.6 Å². The number of aryl methyl sites for hydroxylation is 1. The third-order valence-corrected chi connectivity index (χ3v) is 4.28. The van der Waals surface area contributed by atoms with Crippen molar-refractivity contribution in [3.63, 3.8) is 0 Å². The normalized spacial score (nSPS) is 10.9. The molecule has 0 aliphatic rings. The third-order valence-electron chi connectivity index (χ3n) is 3.38. The van der Waals surface area contributed by atoms with Crippen LogP contribution in [0, 0.1) is 0 Å².